The van der Waals surface area contributed by atoms with Gasteiger partial charge in [-0.3, -0.25) is 0 Å². The summed E-state index contributed by atoms with van der Waals surface area (Å²) in [5, 5.41) is 14.9. The molecule has 12 heteroatoms. The number of carbonyl (C=O) groups is 1. The van der Waals surface area contributed by atoms with Gasteiger partial charge in [-0.2, -0.15) is 13.2 Å². The number of nitrogens with one attached hydrogen (secondary N) is 1. The number of likely N-dealkylation sites (tertiary alicyclic amines) is 1. The largest absolute Gasteiger partial charge is 0.444 e. The smallest absolute Gasteiger partial charge is 0.433 e. The first-order valence-corrected chi connectivity index (χ1v) is 13.0. The summed E-state index contributed by atoms with van der Waals surface area (Å²) in [6, 6.07) is 6.29. The Hall–Kier alpha value is -3.25. The molecule has 1 saturated heterocycles. The van der Waals surface area contributed by atoms with Gasteiger partial charge in [-0.25, -0.2) is 19.7 Å². The Bertz CT molecular complexity index is 1310. The first-order chi connectivity index (χ1) is 17.7. The Kier molecular flexibility index (Phi) is 7.67. The van der Waals surface area contributed by atoms with Crippen LogP contribution in [0.15, 0.2) is 36.7 Å². The number of aromatic nitrogens is 3. The van der Waals surface area contributed by atoms with E-state index in [1.54, 1.807) is 23.2 Å². The number of hydrogen-bond donors (Lipinski definition) is 2. The molecular weight excluding hydrogens is 519 g/mol. The third kappa shape index (κ3) is 6.79. The number of amides is 1. The molecule has 1 unspecified atom stereocenters. The Morgan fingerprint density at radius 2 is 1.92 bits per heavy atom. The molecular formula is C26H30F3N5O3S. The highest BCUT2D eigenvalue weighted by molar-refractivity contribution is 7.15. The van der Waals surface area contributed by atoms with Crippen molar-refractivity contribution in [2.24, 2.45) is 0 Å². The predicted molar refractivity (Wildman–Crippen MR) is 138 cm³/mol. The lowest BCUT2D eigenvalue weighted by Gasteiger charge is -2.27. The molecule has 0 saturated carbocycles. The highest BCUT2D eigenvalue weighted by Gasteiger charge is 2.37. The molecule has 1 aliphatic heterocycles. The van der Waals surface area contributed by atoms with E-state index in [9.17, 15) is 23.1 Å². The summed E-state index contributed by atoms with van der Waals surface area (Å²) < 4.78 is 44.6. The number of ether oxygens (including phenoxy) is 1. The quantitative estimate of drug-likeness (QED) is 0.395. The molecule has 0 radical (unpaired) electrons. The fourth-order valence-electron chi connectivity index (χ4n) is 4.17. The maximum atomic E-state index is 13.0. The van der Waals surface area contributed by atoms with Crippen LogP contribution in [-0.4, -0.2) is 49.7 Å². The summed E-state index contributed by atoms with van der Waals surface area (Å²) in [5.74, 6) is -0.163. The topological polar surface area (TPSA) is 100 Å². The van der Waals surface area contributed by atoms with Gasteiger partial charge in [-0.1, -0.05) is 6.07 Å². The van der Waals surface area contributed by atoms with Crippen LogP contribution in [0.3, 0.4) is 0 Å². The van der Waals surface area contributed by atoms with Crippen LogP contribution in [0.25, 0.3) is 10.4 Å². The van der Waals surface area contributed by atoms with E-state index in [0.29, 0.717) is 43.0 Å². The maximum Gasteiger partial charge on any atom is 0.433 e. The van der Waals surface area contributed by atoms with Gasteiger partial charge in [0.05, 0.1) is 4.88 Å². The van der Waals surface area contributed by atoms with Crippen LogP contribution in [0, 0.1) is 6.92 Å². The van der Waals surface area contributed by atoms with Gasteiger partial charge in [0, 0.05) is 37.6 Å². The van der Waals surface area contributed by atoms with E-state index in [-0.39, 0.29) is 5.95 Å². The van der Waals surface area contributed by atoms with Crippen molar-refractivity contribution in [3.8, 4) is 10.4 Å². The number of anilines is 2. The number of aryl methyl sites for hydroxylation is 1. The fourth-order valence-corrected chi connectivity index (χ4v) is 5.22. The molecule has 204 valence electrons. The molecule has 8 nitrogen and oxygen atoms in total. The number of aliphatic hydroxyl groups is 1. The zero-order valence-electron chi connectivity index (χ0n) is 21.6. The second kappa shape index (κ2) is 10.5. The number of alkyl halides is 3. The number of hydrogen-bond acceptors (Lipinski definition) is 8. The summed E-state index contributed by atoms with van der Waals surface area (Å²) in [6.07, 6.45) is -0.862. The van der Waals surface area contributed by atoms with Crippen molar-refractivity contribution in [2.75, 3.05) is 18.4 Å². The molecule has 38 heavy (non-hydrogen) atoms. The van der Waals surface area contributed by atoms with E-state index in [0.717, 1.165) is 28.3 Å². The average Bonchev–Trinajstić information content (AvgIpc) is 3.22. The predicted octanol–water partition coefficient (Wildman–Crippen LogP) is 6.28. The monoisotopic (exact) mass is 549 g/mol. The molecule has 2 N–H and O–H groups in total. The molecule has 3 aromatic rings. The molecule has 4 rings (SSSR count). The van der Waals surface area contributed by atoms with Crippen molar-refractivity contribution >= 4 is 29.1 Å². The zero-order valence-corrected chi connectivity index (χ0v) is 22.4. The normalized spacial score (nSPS) is 18.7. The molecule has 1 amide bonds. The van der Waals surface area contributed by atoms with E-state index >= 15 is 0 Å². The molecule has 1 aliphatic rings. The first-order valence-electron chi connectivity index (χ1n) is 12.2. The second-order valence-electron chi connectivity index (χ2n) is 10.4. The van der Waals surface area contributed by atoms with Gasteiger partial charge in [0.25, 0.3) is 0 Å². The van der Waals surface area contributed by atoms with Gasteiger partial charge in [0.15, 0.2) is 0 Å². The van der Waals surface area contributed by atoms with Gasteiger partial charge in [-0.15, -0.1) is 11.3 Å². The van der Waals surface area contributed by atoms with Gasteiger partial charge in [-0.05, 0) is 69.9 Å². The number of rotatable bonds is 4. The van der Waals surface area contributed by atoms with Gasteiger partial charge >= 0.3 is 12.3 Å². The van der Waals surface area contributed by atoms with Crippen molar-refractivity contribution < 1.29 is 27.8 Å². The molecule has 0 bridgehead atoms. The number of halogens is 3. The second-order valence-corrected chi connectivity index (χ2v) is 11.4. The van der Waals surface area contributed by atoms with E-state index in [4.69, 9.17) is 4.74 Å². The van der Waals surface area contributed by atoms with E-state index in [1.807, 2.05) is 33.8 Å². The Labute approximate surface area is 222 Å². The summed E-state index contributed by atoms with van der Waals surface area (Å²) in [7, 11) is 0. The van der Waals surface area contributed by atoms with Gasteiger partial charge in [0.2, 0.25) is 5.95 Å². The molecule has 1 atom stereocenters. The Morgan fingerprint density at radius 1 is 1.16 bits per heavy atom. The minimum atomic E-state index is -4.57. The minimum absolute atomic E-state index is 0.163. The average molecular weight is 550 g/mol. The lowest BCUT2D eigenvalue weighted by atomic mass is 9.96. The number of nitrogens with zero attached hydrogens (tertiary/aromatic N) is 4. The van der Waals surface area contributed by atoms with E-state index in [1.165, 1.54) is 11.3 Å². The van der Waals surface area contributed by atoms with Gasteiger partial charge in [0.1, 0.15) is 21.9 Å². The van der Waals surface area contributed by atoms with Crippen molar-refractivity contribution in [3.05, 3.63) is 52.9 Å². The third-order valence-electron chi connectivity index (χ3n) is 5.93. The minimum Gasteiger partial charge on any atom is -0.444 e. The molecule has 0 aliphatic carbocycles. The summed E-state index contributed by atoms with van der Waals surface area (Å²) in [6.45, 7) is 8.14. The molecule has 1 aromatic carbocycles. The summed E-state index contributed by atoms with van der Waals surface area (Å²) >= 11 is 1.35. The summed E-state index contributed by atoms with van der Waals surface area (Å²) in [4.78, 5) is 26.9. The third-order valence-corrected chi connectivity index (χ3v) is 7.17. The zero-order chi connectivity index (χ0) is 27.7. The van der Waals surface area contributed by atoms with Crippen molar-refractivity contribution in [2.45, 2.75) is 64.3 Å². The lowest BCUT2D eigenvalue weighted by molar-refractivity contribution is -0.141. The standard InChI is InChI=1S/C26H30F3N5O3S/c1-16-12-17(14-18(13-16)32-22-30-9-6-20(33-22)26(27,28)29)19-15-31-21(38-19)25(36)7-5-10-34(11-8-25)23(35)37-24(2,3)4/h6,9,12-15,36H,5,7-8,10-11H2,1-4H3,(H,30,32,33). The van der Waals surface area contributed by atoms with Crippen LogP contribution < -0.4 is 5.32 Å². The SMILES string of the molecule is Cc1cc(Nc2nccc(C(F)(F)F)n2)cc(-c2cnc(C3(O)CCCN(C(=O)OC(C)(C)C)CC3)s2)c1. The fraction of sp³-hybridized carbons (Fsp3) is 0.462. The number of benzene rings is 1. The molecule has 2 aromatic heterocycles. The van der Waals surface area contributed by atoms with Gasteiger partial charge < -0.3 is 20.1 Å². The van der Waals surface area contributed by atoms with Crippen molar-refractivity contribution in [1.82, 2.24) is 19.9 Å². The molecule has 3 heterocycles. The van der Waals surface area contributed by atoms with Crippen LogP contribution in [0.4, 0.5) is 29.6 Å². The molecule has 1 fully saturated rings. The Morgan fingerprint density at radius 3 is 2.63 bits per heavy atom. The van der Waals surface area contributed by atoms with Crippen molar-refractivity contribution in [1.29, 1.82) is 0 Å². The Balaban J connectivity index is 1.51. The highest BCUT2D eigenvalue weighted by atomic mass is 32.1. The van der Waals surface area contributed by atoms with E-state index in [2.05, 4.69) is 20.3 Å². The van der Waals surface area contributed by atoms with Crippen LogP contribution in [0.2, 0.25) is 0 Å². The highest BCUT2D eigenvalue weighted by Crippen LogP contribution is 2.39. The molecule has 0 spiro atoms. The summed E-state index contributed by atoms with van der Waals surface area (Å²) in [5.41, 5.74) is -0.633. The van der Waals surface area contributed by atoms with Crippen LogP contribution >= 0.6 is 11.3 Å². The lowest BCUT2D eigenvalue weighted by Crippen LogP contribution is -2.38. The van der Waals surface area contributed by atoms with Crippen LogP contribution in [-0.2, 0) is 16.5 Å². The van der Waals surface area contributed by atoms with E-state index < -0.39 is 29.2 Å². The number of thiazole rings is 1. The van der Waals surface area contributed by atoms with Crippen LogP contribution in [0.1, 0.15) is 56.3 Å². The van der Waals surface area contributed by atoms with Crippen LogP contribution in [0.5, 0.6) is 0 Å². The first kappa shape index (κ1) is 27.8. The number of carbonyl (C=O) groups excluding carboxylic acids is 1. The maximum absolute atomic E-state index is 13.0. The van der Waals surface area contributed by atoms with Crippen molar-refractivity contribution in [3.63, 3.8) is 0 Å².